The van der Waals surface area contributed by atoms with Gasteiger partial charge in [0.25, 0.3) is 0 Å². The highest BCUT2D eigenvalue weighted by molar-refractivity contribution is 5.27. The molecule has 1 heterocycles. The van der Waals surface area contributed by atoms with Crippen LogP contribution in [-0.2, 0) is 6.54 Å². The van der Waals surface area contributed by atoms with Gasteiger partial charge in [0.05, 0.1) is 0 Å². The molecule has 110 valence electrons. The minimum absolute atomic E-state index is 0.539. The second kappa shape index (κ2) is 6.94. The molecule has 1 aliphatic heterocycles. The van der Waals surface area contributed by atoms with Crippen LogP contribution in [0.3, 0.4) is 0 Å². The Morgan fingerprint density at radius 1 is 1.35 bits per heavy atom. The molecule has 20 heavy (non-hydrogen) atoms. The zero-order valence-electron chi connectivity index (χ0n) is 13.2. The first kappa shape index (κ1) is 15.1. The van der Waals surface area contributed by atoms with Crippen LogP contribution in [0, 0.1) is 0 Å². The van der Waals surface area contributed by atoms with Crippen molar-refractivity contribution < 1.29 is 0 Å². The van der Waals surface area contributed by atoms with Crippen molar-refractivity contribution >= 4 is 0 Å². The summed E-state index contributed by atoms with van der Waals surface area (Å²) in [5.41, 5.74) is 4.12. The topological polar surface area (TPSA) is 15.3 Å². The Hall–Kier alpha value is -1.28. The Morgan fingerprint density at radius 2 is 2.05 bits per heavy atom. The van der Waals surface area contributed by atoms with Gasteiger partial charge in [-0.2, -0.15) is 0 Å². The average molecular weight is 272 g/mol. The van der Waals surface area contributed by atoms with E-state index in [0.717, 1.165) is 19.6 Å². The normalized spacial score (nSPS) is 16.7. The van der Waals surface area contributed by atoms with Crippen molar-refractivity contribution in [3.8, 4) is 0 Å². The first-order chi connectivity index (χ1) is 9.56. The van der Waals surface area contributed by atoms with Gasteiger partial charge in [0.15, 0.2) is 0 Å². The summed E-state index contributed by atoms with van der Waals surface area (Å²) < 4.78 is 0. The molecule has 0 bridgehead atoms. The van der Waals surface area contributed by atoms with Crippen molar-refractivity contribution in [2.75, 3.05) is 13.1 Å². The molecule has 1 aromatic rings. The van der Waals surface area contributed by atoms with E-state index < -0.39 is 0 Å². The van der Waals surface area contributed by atoms with E-state index in [0.29, 0.717) is 12.0 Å². The highest BCUT2D eigenvalue weighted by Crippen LogP contribution is 2.29. The zero-order chi connectivity index (χ0) is 14.5. The van der Waals surface area contributed by atoms with E-state index in [9.17, 15) is 0 Å². The molecule has 0 radical (unpaired) electrons. The molecule has 2 heteroatoms. The number of nitrogens with one attached hydrogen (secondary N) is 1. The van der Waals surface area contributed by atoms with Gasteiger partial charge in [0.2, 0.25) is 0 Å². The minimum atomic E-state index is 0.539. The summed E-state index contributed by atoms with van der Waals surface area (Å²) in [7, 11) is 0. The zero-order valence-corrected chi connectivity index (χ0v) is 13.2. The summed E-state index contributed by atoms with van der Waals surface area (Å²) in [6.45, 7) is 13.8. The Labute approximate surface area is 123 Å². The third-order valence-electron chi connectivity index (χ3n) is 4.17. The fourth-order valence-electron chi connectivity index (χ4n) is 2.87. The van der Waals surface area contributed by atoms with Crippen LogP contribution in [0.1, 0.15) is 50.7 Å². The lowest BCUT2D eigenvalue weighted by molar-refractivity contribution is 0.264. The molecule has 0 aromatic heterocycles. The van der Waals surface area contributed by atoms with E-state index in [2.05, 4.69) is 61.8 Å². The van der Waals surface area contributed by atoms with Crippen LogP contribution in [0.4, 0.5) is 0 Å². The number of piperidine rings is 1. The largest absolute Gasteiger partial charge is 0.375 e. The monoisotopic (exact) mass is 272 g/mol. The average Bonchev–Trinajstić information content (AvgIpc) is 2.45. The molecule has 0 aliphatic carbocycles. The second-order valence-electron chi connectivity index (χ2n) is 6.28. The van der Waals surface area contributed by atoms with E-state index in [-0.39, 0.29) is 0 Å². The lowest BCUT2D eigenvalue weighted by Crippen LogP contribution is -2.31. The van der Waals surface area contributed by atoms with Gasteiger partial charge in [-0.05, 0) is 36.8 Å². The van der Waals surface area contributed by atoms with Gasteiger partial charge in [-0.25, -0.2) is 0 Å². The quantitative estimate of drug-likeness (QED) is 0.874. The lowest BCUT2D eigenvalue weighted by atomic mass is 9.88. The summed E-state index contributed by atoms with van der Waals surface area (Å²) in [6.07, 6.45) is 2.49. The van der Waals surface area contributed by atoms with Gasteiger partial charge >= 0.3 is 0 Å². The molecule has 2 rings (SSSR count). The summed E-state index contributed by atoms with van der Waals surface area (Å²) in [4.78, 5) is 2.40. The highest BCUT2D eigenvalue weighted by atomic mass is 15.1. The number of benzene rings is 1. The number of rotatable bonds is 5. The predicted octanol–water partition coefficient (Wildman–Crippen LogP) is 3.90. The molecule has 0 spiro atoms. The van der Waals surface area contributed by atoms with Gasteiger partial charge in [-0.15, -0.1) is 0 Å². The van der Waals surface area contributed by atoms with Crippen LogP contribution >= 0.6 is 0 Å². The Morgan fingerprint density at radius 3 is 2.65 bits per heavy atom. The van der Waals surface area contributed by atoms with E-state index in [4.69, 9.17) is 0 Å². The van der Waals surface area contributed by atoms with Gasteiger partial charge in [0.1, 0.15) is 0 Å². The molecule has 0 saturated carbocycles. The molecule has 2 nitrogen and oxygen atoms in total. The SMILES string of the molecule is C=C(C)N1CCC(c2cccc(CNC(C)C)c2)CC1. The fraction of sp³-hybridized carbons (Fsp3) is 0.556. The number of nitrogens with zero attached hydrogens (tertiary/aromatic N) is 1. The van der Waals surface area contributed by atoms with Gasteiger partial charge in [-0.1, -0.05) is 44.7 Å². The van der Waals surface area contributed by atoms with Crippen molar-refractivity contribution in [3.05, 3.63) is 47.7 Å². The molecule has 1 N–H and O–H groups in total. The molecule has 1 aromatic carbocycles. The van der Waals surface area contributed by atoms with Crippen molar-refractivity contribution in [1.29, 1.82) is 0 Å². The maximum Gasteiger partial charge on any atom is 0.0207 e. The molecular formula is C18H28N2. The van der Waals surface area contributed by atoms with Crippen LogP contribution < -0.4 is 5.32 Å². The van der Waals surface area contributed by atoms with Crippen LogP contribution in [0.25, 0.3) is 0 Å². The maximum absolute atomic E-state index is 4.05. The van der Waals surface area contributed by atoms with Crippen molar-refractivity contribution in [2.24, 2.45) is 0 Å². The van der Waals surface area contributed by atoms with Crippen molar-refractivity contribution in [2.45, 2.75) is 52.1 Å². The molecule has 1 fully saturated rings. The second-order valence-corrected chi connectivity index (χ2v) is 6.28. The standard InChI is InChI=1S/C18H28N2/c1-14(2)19-13-16-6-5-7-18(12-16)17-8-10-20(11-9-17)15(3)4/h5-7,12,14,17,19H,3,8-11,13H2,1-2,4H3. The summed E-state index contributed by atoms with van der Waals surface area (Å²) in [5, 5.41) is 3.49. The van der Waals surface area contributed by atoms with Gasteiger partial charge < -0.3 is 10.2 Å². The summed E-state index contributed by atoms with van der Waals surface area (Å²) in [6, 6.07) is 9.65. The van der Waals surface area contributed by atoms with E-state index in [1.54, 1.807) is 0 Å². The molecule has 1 saturated heterocycles. The van der Waals surface area contributed by atoms with Gasteiger partial charge in [0, 0.05) is 31.4 Å². The molecule has 0 atom stereocenters. The number of hydrogen-bond acceptors (Lipinski definition) is 2. The third-order valence-corrected chi connectivity index (χ3v) is 4.17. The van der Waals surface area contributed by atoms with Crippen molar-refractivity contribution in [3.63, 3.8) is 0 Å². The molecule has 0 amide bonds. The maximum atomic E-state index is 4.05. The number of likely N-dealkylation sites (tertiary alicyclic amines) is 1. The Kier molecular flexibility index (Phi) is 5.24. The first-order valence-corrected chi connectivity index (χ1v) is 7.79. The van der Waals surface area contributed by atoms with E-state index in [1.807, 2.05) is 0 Å². The summed E-state index contributed by atoms with van der Waals surface area (Å²) in [5.74, 6) is 0.713. The highest BCUT2D eigenvalue weighted by Gasteiger charge is 2.20. The fourth-order valence-corrected chi connectivity index (χ4v) is 2.87. The molecular weight excluding hydrogens is 244 g/mol. The van der Waals surface area contributed by atoms with E-state index in [1.165, 1.54) is 29.7 Å². The minimum Gasteiger partial charge on any atom is -0.375 e. The predicted molar refractivity (Wildman–Crippen MR) is 86.8 cm³/mol. The third kappa shape index (κ3) is 4.11. The van der Waals surface area contributed by atoms with Crippen LogP contribution in [0.5, 0.6) is 0 Å². The first-order valence-electron chi connectivity index (χ1n) is 7.79. The van der Waals surface area contributed by atoms with E-state index >= 15 is 0 Å². The lowest BCUT2D eigenvalue weighted by Gasteiger charge is -2.34. The molecule has 1 aliphatic rings. The smallest absolute Gasteiger partial charge is 0.0207 e. The Balaban J connectivity index is 1.96. The van der Waals surface area contributed by atoms with Crippen LogP contribution in [-0.4, -0.2) is 24.0 Å². The molecule has 0 unspecified atom stereocenters. The number of allylic oxidation sites excluding steroid dienone is 1. The Bertz CT molecular complexity index is 442. The van der Waals surface area contributed by atoms with Gasteiger partial charge in [-0.3, -0.25) is 0 Å². The van der Waals surface area contributed by atoms with Crippen LogP contribution in [0.2, 0.25) is 0 Å². The van der Waals surface area contributed by atoms with Crippen LogP contribution in [0.15, 0.2) is 36.5 Å². The summed E-state index contributed by atoms with van der Waals surface area (Å²) >= 11 is 0. The van der Waals surface area contributed by atoms with Crippen molar-refractivity contribution in [1.82, 2.24) is 10.2 Å². The number of hydrogen-bond donors (Lipinski definition) is 1.